The van der Waals surface area contributed by atoms with Gasteiger partial charge in [0.15, 0.2) is 0 Å². The van der Waals surface area contributed by atoms with Crippen molar-refractivity contribution >= 4 is 0 Å². The van der Waals surface area contributed by atoms with Crippen LogP contribution in [0.4, 0.5) is 0 Å². The van der Waals surface area contributed by atoms with E-state index in [1.54, 1.807) is 0 Å². The number of hydrogen-bond donors (Lipinski definition) is 0. The monoisotopic (exact) mass is 190 g/mol. The minimum absolute atomic E-state index is 0.834. The molecule has 0 saturated heterocycles. The highest BCUT2D eigenvalue weighted by Gasteiger charge is 1.99. The lowest BCUT2D eigenvalue weighted by atomic mass is 9.98. The molecule has 14 heavy (non-hydrogen) atoms. The molecule has 0 heteroatoms. The fourth-order valence-electron chi connectivity index (χ4n) is 1.83. The summed E-state index contributed by atoms with van der Waals surface area (Å²) in [7, 11) is 0. The predicted molar refractivity (Wildman–Crippen MR) is 63.7 cm³/mol. The van der Waals surface area contributed by atoms with Crippen molar-refractivity contribution in [2.24, 2.45) is 5.92 Å². The highest BCUT2D eigenvalue weighted by atomic mass is 14.1. The molecule has 0 amide bonds. The maximum Gasteiger partial charge on any atom is -0.0276 e. The van der Waals surface area contributed by atoms with E-state index in [1.807, 2.05) is 0 Å². The molecule has 0 nitrogen and oxygen atoms in total. The summed E-state index contributed by atoms with van der Waals surface area (Å²) in [6, 6.07) is 6.79. The minimum atomic E-state index is 0.834. The lowest BCUT2D eigenvalue weighted by Gasteiger charge is -2.08. The maximum absolute atomic E-state index is 2.29. The second kappa shape index (κ2) is 5.19. The molecule has 0 heterocycles. The second-order valence-electron chi connectivity index (χ2n) is 4.72. The summed E-state index contributed by atoms with van der Waals surface area (Å²) < 4.78 is 0. The fourth-order valence-corrected chi connectivity index (χ4v) is 1.83. The Hall–Kier alpha value is -0.780. The van der Waals surface area contributed by atoms with E-state index in [-0.39, 0.29) is 0 Å². The van der Waals surface area contributed by atoms with Crippen LogP contribution in [-0.2, 0) is 6.42 Å². The average molecular weight is 190 g/mol. The first-order chi connectivity index (χ1) is 6.59. The van der Waals surface area contributed by atoms with Crippen molar-refractivity contribution in [2.45, 2.75) is 47.0 Å². The summed E-state index contributed by atoms with van der Waals surface area (Å²) in [5, 5.41) is 0. The zero-order valence-corrected chi connectivity index (χ0v) is 9.93. The van der Waals surface area contributed by atoms with Gasteiger partial charge < -0.3 is 0 Å². The quantitative estimate of drug-likeness (QED) is 0.664. The Kier molecular flexibility index (Phi) is 4.19. The second-order valence-corrected chi connectivity index (χ2v) is 4.72. The van der Waals surface area contributed by atoms with E-state index in [1.165, 1.54) is 36.0 Å². The van der Waals surface area contributed by atoms with Crippen LogP contribution in [0.2, 0.25) is 0 Å². The maximum atomic E-state index is 2.29. The highest BCUT2D eigenvalue weighted by molar-refractivity contribution is 5.30. The van der Waals surface area contributed by atoms with Crippen molar-refractivity contribution in [3.63, 3.8) is 0 Å². The molecule has 0 fully saturated rings. The number of hydrogen-bond acceptors (Lipinski definition) is 0. The molecule has 0 N–H and O–H groups in total. The highest BCUT2D eigenvalue weighted by Crippen LogP contribution is 2.15. The van der Waals surface area contributed by atoms with Crippen LogP contribution < -0.4 is 0 Å². The van der Waals surface area contributed by atoms with Gasteiger partial charge in [-0.25, -0.2) is 0 Å². The summed E-state index contributed by atoms with van der Waals surface area (Å²) in [5.41, 5.74) is 4.35. The van der Waals surface area contributed by atoms with E-state index < -0.39 is 0 Å². The topological polar surface area (TPSA) is 0 Å². The van der Waals surface area contributed by atoms with Crippen LogP contribution in [0.1, 0.15) is 43.4 Å². The molecule has 0 bridgehead atoms. The molecule has 0 unspecified atom stereocenters. The zero-order chi connectivity index (χ0) is 10.6. The molecule has 0 radical (unpaired) electrons. The summed E-state index contributed by atoms with van der Waals surface area (Å²) >= 11 is 0. The van der Waals surface area contributed by atoms with E-state index in [2.05, 4.69) is 45.9 Å². The van der Waals surface area contributed by atoms with Crippen molar-refractivity contribution in [3.8, 4) is 0 Å². The van der Waals surface area contributed by atoms with Crippen LogP contribution in [0.3, 0.4) is 0 Å². The van der Waals surface area contributed by atoms with Gasteiger partial charge in [-0.1, -0.05) is 44.0 Å². The fraction of sp³-hybridized carbons (Fsp3) is 0.571. The summed E-state index contributed by atoms with van der Waals surface area (Å²) in [6.07, 6.45) is 3.90. The van der Waals surface area contributed by atoms with E-state index >= 15 is 0 Å². The SMILES string of the molecule is Cc1ccc(CCCC(C)C)c(C)c1. The lowest BCUT2D eigenvalue weighted by Crippen LogP contribution is -1.93. The van der Waals surface area contributed by atoms with E-state index in [4.69, 9.17) is 0 Å². The summed E-state index contributed by atoms with van der Waals surface area (Å²) in [4.78, 5) is 0. The van der Waals surface area contributed by atoms with Gasteiger partial charge >= 0.3 is 0 Å². The zero-order valence-electron chi connectivity index (χ0n) is 9.93. The van der Waals surface area contributed by atoms with Gasteiger partial charge in [0.25, 0.3) is 0 Å². The largest absolute Gasteiger partial charge is 0.0628 e. The van der Waals surface area contributed by atoms with Gasteiger partial charge in [-0.15, -0.1) is 0 Å². The Morgan fingerprint density at radius 1 is 1.14 bits per heavy atom. The van der Waals surface area contributed by atoms with Crippen molar-refractivity contribution in [1.29, 1.82) is 0 Å². The van der Waals surface area contributed by atoms with Crippen LogP contribution in [0.5, 0.6) is 0 Å². The van der Waals surface area contributed by atoms with Crippen molar-refractivity contribution < 1.29 is 0 Å². The first kappa shape index (κ1) is 11.3. The average Bonchev–Trinajstić information content (AvgIpc) is 2.08. The summed E-state index contributed by atoms with van der Waals surface area (Å²) in [6.45, 7) is 8.96. The third-order valence-electron chi connectivity index (χ3n) is 2.73. The molecule has 0 saturated carbocycles. The number of benzene rings is 1. The predicted octanol–water partition coefficient (Wildman–Crippen LogP) is 4.28. The molecular weight excluding hydrogens is 168 g/mol. The smallest absolute Gasteiger partial charge is 0.0276 e. The van der Waals surface area contributed by atoms with E-state index in [0.717, 1.165) is 5.92 Å². The molecule has 0 spiro atoms. The van der Waals surface area contributed by atoms with Crippen LogP contribution >= 0.6 is 0 Å². The van der Waals surface area contributed by atoms with Crippen LogP contribution in [0.25, 0.3) is 0 Å². The number of aryl methyl sites for hydroxylation is 3. The standard InChI is InChI=1S/C14H22/c1-11(2)6-5-7-14-9-8-12(3)10-13(14)4/h8-11H,5-7H2,1-4H3. The molecule has 0 aliphatic carbocycles. The first-order valence-corrected chi connectivity index (χ1v) is 5.65. The van der Waals surface area contributed by atoms with Gasteiger partial charge in [0.05, 0.1) is 0 Å². The molecule has 1 aromatic carbocycles. The minimum Gasteiger partial charge on any atom is -0.0628 e. The van der Waals surface area contributed by atoms with E-state index in [0.29, 0.717) is 0 Å². The van der Waals surface area contributed by atoms with Crippen LogP contribution in [0, 0.1) is 19.8 Å². The van der Waals surface area contributed by atoms with Crippen molar-refractivity contribution in [2.75, 3.05) is 0 Å². The van der Waals surface area contributed by atoms with Gasteiger partial charge in [-0.05, 0) is 43.7 Å². The van der Waals surface area contributed by atoms with Gasteiger partial charge in [0.1, 0.15) is 0 Å². The third-order valence-corrected chi connectivity index (χ3v) is 2.73. The molecule has 0 aromatic heterocycles. The first-order valence-electron chi connectivity index (χ1n) is 5.65. The van der Waals surface area contributed by atoms with Gasteiger partial charge in [0, 0.05) is 0 Å². The van der Waals surface area contributed by atoms with Crippen molar-refractivity contribution in [3.05, 3.63) is 34.9 Å². The van der Waals surface area contributed by atoms with Crippen LogP contribution in [-0.4, -0.2) is 0 Å². The van der Waals surface area contributed by atoms with Gasteiger partial charge in [-0.3, -0.25) is 0 Å². The summed E-state index contributed by atoms with van der Waals surface area (Å²) in [5.74, 6) is 0.834. The van der Waals surface area contributed by atoms with Crippen molar-refractivity contribution in [1.82, 2.24) is 0 Å². The molecule has 0 aliphatic rings. The molecule has 78 valence electrons. The third kappa shape index (κ3) is 3.53. The Bertz CT molecular complexity index is 284. The van der Waals surface area contributed by atoms with Gasteiger partial charge in [-0.2, -0.15) is 0 Å². The Morgan fingerprint density at radius 2 is 1.86 bits per heavy atom. The van der Waals surface area contributed by atoms with Crippen LogP contribution in [0.15, 0.2) is 18.2 Å². The lowest BCUT2D eigenvalue weighted by molar-refractivity contribution is 0.555. The van der Waals surface area contributed by atoms with E-state index in [9.17, 15) is 0 Å². The Morgan fingerprint density at radius 3 is 2.43 bits per heavy atom. The molecule has 1 aromatic rings. The Labute approximate surface area is 88.4 Å². The molecule has 0 aliphatic heterocycles. The molecular formula is C14H22. The number of rotatable bonds is 4. The van der Waals surface area contributed by atoms with Gasteiger partial charge in [0.2, 0.25) is 0 Å². The normalized spacial score (nSPS) is 10.9. The molecule has 1 rings (SSSR count). The Balaban J connectivity index is 2.51. The molecule has 0 atom stereocenters.